The van der Waals surface area contributed by atoms with Crippen LogP contribution in [0, 0.1) is 10.1 Å². The maximum absolute atomic E-state index is 11.4. The molecule has 3 rings (SSSR count). The molecular formula is C14H10N4O4S. The number of urea groups is 1. The highest BCUT2D eigenvalue weighted by atomic mass is 32.1. The largest absolute Gasteiger partial charge is 0.344 e. The molecule has 0 unspecified atom stereocenters. The molecule has 8 nitrogen and oxygen atoms in total. The van der Waals surface area contributed by atoms with Crippen molar-refractivity contribution in [3.8, 4) is 10.4 Å². The Balaban J connectivity index is 1.83. The van der Waals surface area contributed by atoms with E-state index in [2.05, 4.69) is 10.4 Å². The van der Waals surface area contributed by atoms with Crippen LogP contribution in [-0.4, -0.2) is 34.6 Å². The van der Waals surface area contributed by atoms with Crippen LogP contribution in [0.4, 0.5) is 10.5 Å². The zero-order chi connectivity index (χ0) is 16.4. The quantitative estimate of drug-likeness (QED) is 0.401. The first-order chi connectivity index (χ1) is 11.0. The van der Waals surface area contributed by atoms with E-state index in [0.29, 0.717) is 10.4 Å². The summed E-state index contributed by atoms with van der Waals surface area (Å²) in [5, 5.41) is 18.1. The molecule has 1 aliphatic rings. The molecule has 0 aliphatic carbocycles. The standard InChI is InChI=1S/C14H10N4O4S/c19-13-8-17(14(20)16-13)15-7-9-5-6-12(23-9)10-3-1-2-4-11(10)18(21)22/h1-7H,8H2,(H,16,19,20). The van der Waals surface area contributed by atoms with Gasteiger partial charge < -0.3 is 0 Å². The van der Waals surface area contributed by atoms with Gasteiger partial charge in [-0.25, -0.2) is 9.80 Å². The van der Waals surface area contributed by atoms with Gasteiger partial charge in [0.05, 0.1) is 16.7 Å². The molecule has 2 aromatic rings. The molecule has 9 heteroatoms. The smallest absolute Gasteiger partial charge is 0.275 e. The first-order valence-electron chi connectivity index (χ1n) is 6.53. The molecule has 0 bridgehead atoms. The lowest BCUT2D eigenvalue weighted by Gasteiger charge is -2.03. The third-order valence-corrected chi connectivity index (χ3v) is 4.14. The van der Waals surface area contributed by atoms with E-state index in [-0.39, 0.29) is 12.2 Å². The minimum Gasteiger partial charge on any atom is -0.275 e. The summed E-state index contributed by atoms with van der Waals surface area (Å²) in [7, 11) is 0. The molecule has 116 valence electrons. The maximum atomic E-state index is 11.4. The van der Waals surface area contributed by atoms with Crippen molar-refractivity contribution in [3.63, 3.8) is 0 Å². The summed E-state index contributed by atoms with van der Waals surface area (Å²) in [5.74, 6) is -0.404. The van der Waals surface area contributed by atoms with E-state index in [1.54, 1.807) is 30.3 Å². The predicted molar refractivity (Wildman–Crippen MR) is 84.2 cm³/mol. The van der Waals surface area contributed by atoms with Gasteiger partial charge in [0.25, 0.3) is 5.69 Å². The average molecular weight is 330 g/mol. The molecule has 1 aliphatic heterocycles. The Morgan fingerprint density at radius 3 is 2.74 bits per heavy atom. The average Bonchev–Trinajstić information content (AvgIpc) is 3.11. The summed E-state index contributed by atoms with van der Waals surface area (Å²) in [6.45, 7) is -0.113. The third-order valence-electron chi connectivity index (χ3n) is 3.09. The van der Waals surface area contributed by atoms with E-state index in [1.807, 2.05) is 0 Å². The van der Waals surface area contributed by atoms with Crippen molar-refractivity contribution in [2.75, 3.05) is 6.54 Å². The summed E-state index contributed by atoms with van der Waals surface area (Å²) in [4.78, 5) is 34.5. The van der Waals surface area contributed by atoms with E-state index in [4.69, 9.17) is 0 Å². The van der Waals surface area contributed by atoms with Gasteiger partial charge in [0, 0.05) is 15.8 Å². The number of nitro benzene ring substituents is 1. The minimum atomic E-state index is -0.568. The Hall–Kier alpha value is -3.07. The molecule has 1 N–H and O–H groups in total. The lowest BCUT2D eigenvalue weighted by atomic mass is 10.1. The molecule has 1 aromatic heterocycles. The van der Waals surface area contributed by atoms with Crippen molar-refractivity contribution >= 4 is 35.2 Å². The summed E-state index contributed by atoms with van der Waals surface area (Å²) in [6, 6.07) is 9.40. The number of para-hydroxylation sites is 1. The number of benzene rings is 1. The molecule has 3 amide bonds. The zero-order valence-corrected chi connectivity index (χ0v) is 12.4. The van der Waals surface area contributed by atoms with Gasteiger partial charge >= 0.3 is 6.03 Å². The number of nitro groups is 1. The van der Waals surface area contributed by atoms with Gasteiger partial charge in [-0.1, -0.05) is 12.1 Å². The van der Waals surface area contributed by atoms with Crippen LogP contribution >= 0.6 is 11.3 Å². The molecular weight excluding hydrogens is 320 g/mol. The van der Waals surface area contributed by atoms with Crippen molar-refractivity contribution in [3.05, 3.63) is 51.4 Å². The molecule has 0 spiro atoms. The SMILES string of the molecule is O=C1CN(N=Cc2ccc(-c3ccccc3[N+](=O)[O-])s2)C(=O)N1. The highest BCUT2D eigenvalue weighted by molar-refractivity contribution is 7.17. The van der Waals surface area contributed by atoms with Crippen LogP contribution in [-0.2, 0) is 4.79 Å². The molecule has 23 heavy (non-hydrogen) atoms. The van der Waals surface area contributed by atoms with Gasteiger partial charge in [0.2, 0.25) is 5.91 Å². The van der Waals surface area contributed by atoms with E-state index >= 15 is 0 Å². The summed E-state index contributed by atoms with van der Waals surface area (Å²) < 4.78 is 0. The lowest BCUT2D eigenvalue weighted by molar-refractivity contribution is -0.384. The van der Waals surface area contributed by atoms with Crippen LogP contribution in [0.15, 0.2) is 41.5 Å². The normalized spacial score (nSPS) is 14.5. The first-order valence-corrected chi connectivity index (χ1v) is 7.35. The summed E-state index contributed by atoms with van der Waals surface area (Å²) in [6.07, 6.45) is 1.45. The van der Waals surface area contributed by atoms with Crippen LogP contribution in [0.2, 0.25) is 0 Å². The van der Waals surface area contributed by atoms with Gasteiger partial charge in [-0.05, 0) is 18.2 Å². The van der Waals surface area contributed by atoms with E-state index in [9.17, 15) is 19.7 Å². The third kappa shape index (κ3) is 3.09. The Morgan fingerprint density at radius 2 is 2.04 bits per heavy atom. The van der Waals surface area contributed by atoms with Crippen molar-refractivity contribution in [1.82, 2.24) is 10.3 Å². The van der Waals surface area contributed by atoms with Crippen molar-refractivity contribution in [2.24, 2.45) is 5.10 Å². The monoisotopic (exact) mass is 330 g/mol. The lowest BCUT2D eigenvalue weighted by Crippen LogP contribution is -2.24. The van der Waals surface area contributed by atoms with Crippen LogP contribution in [0.3, 0.4) is 0 Å². The first kappa shape index (κ1) is 14.9. The van der Waals surface area contributed by atoms with Crippen LogP contribution in [0.1, 0.15) is 4.88 Å². The number of amides is 3. The molecule has 0 saturated carbocycles. The number of hydrazone groups is 1. The van der Waals surface area contributed by atoms with E-state index in [1.165, 1.54) is 23.6 Å². The van der Waals surface area contributed by atoms with Crippen LogP contribution in [0.5, 0.6) is 0 Å². The second-order valence-corrected chi connectivity index (χ2v) is 5.75. The topological polar surface area (TPSA) is 105 Å². The van der Waals surface area contributed by atoms with Crippen LogP contribution < -0.4 is 5.32 Å². The summed E-state index contributed by atoms with van der Waals surface area (Å²) >= 11 is 1.31. The number of nitrogens with one attached hydrogen (secondary N) is 1. The van der Waals surface area contributed by atoms with E-state index in [0.717, 1.165) is 9.89 Å². The highest BCUT2D eigenvalue weighted by Crippen LogP contribution is 2.34. The Morgan fingerprint density at radius 1 is 1.26 bits per heavy atom. The number of carbonyl (C=O) groups is 2. The second-order valence-electron chi connectivity index (χ2n) is 4.63. The Labute approximate surface area is 134 Å². The summed E-state index contributed by atoms with van der Waals surface area (Å²) in [5.41, 5.74) is 0.554. The van der Waals surface area contributed by atoms with Crippen LogP contribution in [0.25, 0.3) is 10.4 Å². The number of imide groups is 1. The molecule has 0 atom stereocenters. The predicted octanol–water partition coefficient (Wildman–Crippen LogP) is 2.21. The fourth-order valence-corrected chi connectivity index (χ4v) is 2.97. The number of rotatable bonds is 4. The maximum Gasteiger partial charge on any atom is 0.344 e. The van der Waals surface area contributed by atoms with Gasteiger partial charge in [-0.3, -0.25) is 20.2 Å². The van der Waals surface area contributed by atoms with E-state index < -0.39 is 16.9 Å². The number of thiophene rings is 1. The number of hydrogen-bond acceptors (Lipinski definition) is 6. The minimum absolute atomic E-state index is 0.0300. The van der Waals surface area contributed by atoms with Gasteiger partial charge in [0.1, 0.15) is 6.54 Å². The molecule has 1 aromatic carbocycles. The van der Waals surface area contributed by atoms with Crippen molar-refractivity contribution < 1.29 is 14.5 Å². The number of hydrogen-bond donors (Lipinski definition) is 1. The van der Waals surface area contributed by atoms with Crippen molar-refractivity contribution in [2.45, 2.75) is 0 Å². The molecule has 1 fully saturated rings. The molecule has 1 saturated heterocycles. The van der Waals surface area contributed by atoms with Gasteiger partial charge in [-0.15, -0.1) is 11.3 Å². The Kier molecular flexibility index (Phi) is 3.85. The fourth-order valence-electron chi connectivity index (χ4n) is 2.06. The molecule has 0 radical (unpaired) electrons. The number of carbonyl (C=O) groups excluding carboxylic acids is 2. The number of nitrogens with zero attached hydrogens (tertiary/aromatic N) is 3. The highest BCUT2D eigenvalue weighted by Gasteiger charge is 2.26. The van der Waals surface area contributed by atoms with Crippen molar-refractivity contribution in [1.29, 1.82) is 0 Å². The van der Waals surface area contributed by atoms with Gasteiger partial charge in [0.15, 0.2) is 0 Å². The Bertz CT molecular complexity index is 830. The second kappa shape index (κ2) is 5.97. The zero-order valence-electron chi connectivity index (χ0n) is 11.6. The molecule has 2 heterocycles. The van der Waals surface area contributed by atoms with Gasteiger partial charge in [-0.2, -0.15) is 5.10 Å². The fraction of sp³-hybridized carbons (Fsp3) is 0.0714.